The Hall–Kier alpha value is -2.30. The van der Waals surface area contributed by atoms with Gasteiger partial charge in [-0.15, -0.1) is 0 Å². The molecule has 94 valence electrons. The minimum Gasteiger partial charge on any atom is -0.494 e. The maximum absolute atomic E-state index is 11.7. The van der Waals surface area contributed by atoms with Gasteiger partial charge in [0.15, 0.2) is 0 Å². The van der Waals surface area contributed by atoms with Gasteiger partial charge in [-0.25, -0.2) is 4.79 Å². The van der Waals surface area contributed by atoms with E-state index >= 15 is 0 Å². The lowest BCUT2D eigenvalue weighted by molar-refractivity contribution is 0.340. The first kappa shape index (κ1) is 12.2. The van der Waals surface area contributed by atoms with Crippen molar-refractivity contribution in [3.63, 3.8) is 0 Å². The lowest BCUT2D eigenvalue weighted by atomic mass is 10.3. The third kappa shape index (κ3) is 2.34. The van der Waals surface area contributed by atoms with Gasteiger partial charge in [0.2, 0.25) is 0 Å². The first-order valence-electron chi connectivity index (χ1n) is 5.68. The molecule has 5 heteroatoms. The minimum atomic E-state index is -0.441. The number of H-pyrrole nitrogens is 1. The molecule has 0 bridgehead atoms. The Kier molecular flexibility index (Phi) is 3.32. The fourth-order valence-electron chi connectivity index (χ4n) is 1.79. The molecule has 2 aromatic rings. The van der Waals surface area contributed by atoms with Crippen LogP contribution in [0.2, 0.25) is 0 Å². The van der Waals surface area contributed by atoms with E-state index in [2.05, 4.69) is 4.98 Å². The van der Waals surface area contributed by atoms with E-state index in [9.17, 15) is 9.59 Å². The van der Waals surface area contributed by atoms with E-state index in [0.29, 0.717) is 18.0 Å². The Morgan fingerprint density at radius 2 is 1.89 bits per heavy atom. The Bertz CT molecular complexity index is 653. The van der Waals surface area contributed by atoms with E-state index in [1.54, 1.807) is 31.2 Å². The average Bonchev–Trinajstić information content (AvgIpc) is 2.30. The van der Waals surface area contributed by atoms with Crippen LogP contribution < -0.4 is 16.0 Å². The molecule has 0 aliphatic rings. The normalized spacial score (nSPS) is 10.3. The minimum absolute atomic E-state index is 0.389. The highest BCUT2D eigenvalue weighted by Crippen LogP contribution is 2.14. The number of aromatic nitrogens is 2. The van der Waals surface area contributed by atoms with E-state index in [1.165, 1.54) is 10.6 Å². The van der Waals surface area contributed by atoms with Gasteiger partial charge < -0.3 is 4.74 Å². The molecule has 0 fully saturated rings. The molecule has 0 spiro atoms. The van der Waals surface area contributed by atoms with Crippen molar-refractivity contribution in [2.45, 2.75) is 13.8 Å². The largest absolute Gasteiger partial charge is 0.494 e. The SMILES string of the molecule is CCOc1ccc(-n2c(C)cc(=O)[nH]c2=O)cc1. The number of hydrogen-bond acceptors (Lipinski definition) is 3. The molecular formula is C13H14N2O3. The summed E-state index contributed by atoms with van der Waals surface area (Å²) >= 11 is 0. The molecule has 2 rings (SSSR count). The van der Waals surface area contributed by atoms with E-state index in [4.69, 9.17) is 4.74 Å². The second-order valence-electron chi connectivity index (χ2n) is 3.84. The number of rotatable bonds is 3. The summed E-state index contributed by atoms with van der Waals surface area (Å²) in [5.74, 6) is 0.747. The van der Waals surface area contributed by atoms with E-state index in [0.717, 1.165) is 5.75 Å². The van der Waals surface area contributed by atoms with Crippen LogP contribution in [0.25, 0.3) is 5.69 Å². The molecule has 1 aromatic heterocycles. The van der Waals surface area contributed by atoms with Crippen molar-refractivity contribution in [1.82, 2.24) is 9.55 Å². The summed E-state index contributed by atoms with van der Waals surface area (Å²) in [7, 11) is 0. The number of hydrogen-bond donors (Lipinski definition) is 1. The molecule has 5 nitrogen and oxygen atoms in total. The van der Waals surface area contributed by atoms with Crippen LogP contribution in [0.4, 0.5) is 0 Å². The van der Waals surface area contributed by atoms with E-state index < -0.39 is 5.69 Å². The van der Waals surface area contributed by atoms with E-state index in [-0.39, 0.29) is 5.56 Å². The van der Waals surface area contributed by atoms with Crippen LogP contribution >= 0.6 is 0 Å². The zero-order valence-corrected chi connectivity index (χ0v) is 10.3. The zero-order valence-electron chi connectivity index (χ0n) is 10.3. The van der Waals surface area contributed by atoms with Crippen LogP contribution in [0.1, 0.15) is 12.6 Å². The summed E-state index contributed by atoms with van der Waals surface area (Å²) in [6, 6.07) is 8.51. The molecule has 0 unspecified atom stereocenters. The second kappa shape index (κ2) is 4.91. The van der Waals surface area contributed by atoms with E-state index in [1.807, 2.05) is 6.92 Å². The van der Waals surface area contributed by atoms with Crippen molar-refractivity contribution in [2.75, 3.05) is 6.61 Å². The van der Waals surface area contributed by atoms with Crippen molar-refractivity contribution in [3.05, 3.63) is 56.9 Å². The first-order valence-corrected chi connectivity index (χ1v) is 5.68. The highest BCUT2D eigenvalue weighted by Gasteiger charge is 2.04. The predicted molar refractivity (Wildman–Crippen MR) is 68.6 cm³/mol. The van der Waals surface area contributed by atoms with Crippen LogP contribution in [0, 0.1) is 6.92 Å². The smallest absolute Gasteiger partial charge is 0.333 e. The summed E-state index contributed by atoms with van der Waals surface area (Å²) < 4.78 is 6.77. The van der Waals surface area contributed by atoms with Gasteiger partial charge in [-0.3, -0.25) is 14.3 Å². The third-order valence-corrected chi connectivity index (χ3v) is 2.53. The number of aromatic amines is 1. The molecule has 0 amide bonds. The maximum atomic E-state index is 11.7. The fraction of sp³-hybridized carbons (Fsp3) is 0.231. The van der Waals surface area contributed by atoms with Crippen molar-refractivity contribution in [2.24, 2.45) is 0 Å². The quantitative estimate of drug-likeness (QED) is 0.886. The molecule has 0 saturated heterocycles. The molecule has 1 heterocycles. The van der Waals surface area contributed by atoms with Crippen LogP contribution in [0.3, 0.4) is 0 Å². The monoisotopic (exact) mass is 246 g/mol. The Morgan fingerprint density at radius 3 is 2.44 bits per heavy atom. The summed E-state index contributed by atoms with van der Waals surface area (Å²) in [5, 5.41) is 0. The summed E-state index contributed by atoms with van der Waals surface area (Å²) in [6.45, 7) is 4.22. The van der Waals surface area contributed by atoms with Crippen LogP contribution in [0.5, 0.6) is 5.75 Å². The molecular weight excluding hydrogens is 232 g/mol. The van der Waals surface area contributed by atoms with Crippen molar-refractivity contribution in [1.29, 1.82) is 0 Å². The van der Waals surface area contributed by atoms with Crippen molar-refractivity contribution < 1.29 is 4.74 Å². The van der Waals surface area contributed by atoms with Crippen LogP contribution in [-0.4, -0.2) is 16.2 Å². The number of nitrogens with zero attached hydrogens (tertiary/aromatic N) is 1. The number of ether oxygens (including phenoxy) is 1. The van der Waals surface area contributed by atoms with Gasteiger partial charge in [0.05, 0.1) is 12.3 Å². The predicted octanol–water partition coefficient (Wildman–Crippen LogP) is 1.23. The lowest BCUT2D eigenvalue weighted by Crippen LogP contribution is -2.29. The maximum Gasteiger partial charge on any atom is 0.333 e. The summed E-state index contributed by atoms with van der Waals surface area (Å²) in [4.78, 5) is 25.1. The topological polar surface area (TPSA) is 64.1 Å². The van der Waals surface area contributed by atoms with Gasteiger partial charge in [0, 0.05) is 11.8 Å². The average molecular weight is 246 g/mol. The molecule has 0 radical (unpaired) electrons. The summed E-state index contributed by atoms with van der Waals surface area (Å²) in [6.07, 6.45) is 0. The first-order chi connectivity index (χ1) is 8.61. The van der Waals surface area contributed by atoms with Crippen LogP contribution in [0.15, 0.2) is 39.9 Å². The molecule has 18 heavy (non-hydrogen) atoms. The summed E-state index contributed by atoms with van der Waals surface area (Å²) in [5.41, 5.74) is 0.453. The van der Waals surface area contributed by atoms with Crippen LogP contribution in [-0.2, 0) is 0 Å². The van der Waals surface area contributed by atoms with Gasteiger partial charge in [-0.05, 0) is 38.1 Å². The lowest BCUT2D eigenvalue weighted by Gasteiger charge is -2.09. The number of aryl methyl sites for hydroxylation is 1. The highest BCUT2D eigenvalue weighted by molar-refractivity contribution is 5.38. The molecule has 1 aromatic carbocycles. The fourth-order valence-corrected chi connectivity index (χ4v) is 1.79. The Morgan fingerprint density at radius 1 is 1.22 bits per heavy atom. The molecule has 0 aliphatic heterocycles. The Labute approximate surface area is 104 Å². The number of benzene rings is 1. The van der Waals surface area contributed by atoms with Gasteiger partial charge in [0.1, 0.15) is 5.75 Å². The standard InChI is InChI=1S/C13H14N2O3/c1-3-18-11-6-4-10(5-7-11)15-9(2)8-12(16)14-13(15)17/h4-8H,3H2,1-2H3,(H,14,16,17). The molecule has 0 atom stereocenters. The van der Waals surface area contributed by atoms with Gasteiger partial charge >= 0.3 is 5.69 Å². The Balaban J connectivity index is 2.49. The van der Waals surface area contributed by atoms with Crippen molar-refractivity contribution in [3.8, 4) is 11.4 Å². The number of nitrogens with one attached hydrogen (secondary N) is 1. The van der Waals surface area contributed by atoms with Gasteiger partial charge in [-0.2, -0.15) is 0 Å². The highest BCUT2D eigenvalue weighted by atomic mass is 16.5. The zero-order chi connectivity index (χ0) is 13.1. The molecule has 0 saturated carbocycles. The third-order valence-electron chi connectivity index (χ3n) is 2.53. The van der Waals surface area contributed by atoms with Gasteiger partial charge in [-0.1, -0.05) is 0 Å². The molecule has 0 aliphatic carbocycles. The molecule has 1 N–H and O–H groups in total. The van der Waals surface area contributed by atoms with Crippen molar-refractivity contribution >= 4 is 0 Å². The van der Waals surface area contributed by atoms with Gasteiger partial charge in [0.25, 0.3) is 5.56 Å². The second-order valence-corrected chi connectivity index (χ2v) is 3.84.